The van der Waals surface area contributed by atoms with Crippen LogP contribution in [0.1, 0.15) is 24.6 Å². The minimum Gasteiger partial charge on any atom is -0.355 e. The minimum absolute atomic E-state index is 0.0608. The first-order valence-electron chi connectivity index (χ1n) is 10.3. The van der Waals surface area contributed by atoms with Crippen molar-refractivity contribution in [2.24, 2.45) is 0 Å². The molecule has 5 nitrogen and oxygen atoms in total. The number of halogens is 3. The van der Waals surface area contributed by atoms with Crippen molar-refractivity contribution >= 4 is 5.82 Å². The van der Waals surface area contributed by atoms with Crippen molar-refractivity contribution in [1.82, 2.24) is 19.9 Å². The molecule has 0 N–H and O–H groups in total. The molecule has 3 aromatic rings. The van der Waals surface area contributed by atoms with Gasteiger partial charge in [0.2, 0.25) is 0 Å². The summed E-state index contributed by atoms with van der Waals surface area (Å²) in [6.07, 6.45) is -0.665. The summed E-state index contributed by atoms with van der Waals surface area (Å²) in [6, 6.07) is 14.8. The van der Waals surface area contributed by atoms with Crippen LogP contribution in [-0.4, -0.2) is 45.5 Å². The molecule has 0 radical (unpaired) electrons. The van der Waals surface area contributed by atoms with Crippen LogP contribution in [0.4, 0.5) is 19.0 Å². The molecule has 8 heteroatoms. The van der Waals surface area contributed by atoms with Gasteiger partial charge in [-0.3, -0.25) is 9.88 Å². The number of pyridine rings is 1. The van der Waals surface area contributed by atoms with Crippen LogP contribution in [0, 0.1) is 0 Å². The molecule has 0 bridgehead atoms. The molecule has 1 unspecified atom stereocenters. The fourth-order valence-electron chi connectivity index (χ4n) is 3.76. The Morgan fingerprint density at radius 2 is 1.71 bits per heavy atom. The first-order valence-corrected chi connectivity index (χ1v) is 10.3. The predicted octanol–water partition coefficient (Wildman–Crippen LogP) is 4.66. The van der Waals surface area contributed by atoms with Crippen LogP contribution in [0.2, 0.25) is 0 Å². The van der Waals surface area contributed by atoms with E-state index in [2.05, 4.69) is 38.9 Å². The first kappa shape index (κ1) is 21.2. The van der Waals surface area contributed by atoms with Crippen molar-refractivity contribution in [2.45, 2.75) is 32.1 Å². The van der Waals surface area contributed by atoms with Crippen LogP contribution in [0.5, 0.6) is 0 Å². The topological polar surface area (TPSA) is 45.2 Å². The molecule has 4 rings (SSSR count). The second-order valence-electron chi connectivity index (χ2n) is 7.75. The van der Waals surface area contributed by atoms with Gasteiger partial charge in [-0.2, -0.15) is 13.2 Å². The third kappa shape index (κ3) is 5.19. The van der Waals surface area contributed by atoms with Crippen molar-refractivity contribution in [3.8, 4) is 11.4 Å². The quantitative estimate of drug-likeness (QED) is 0.606. The van der Waals surface area contributed by atoms with Crippen LogP contribution >= 0.6 is 0 Å². The van der Waals surface area contributed by atoms with E-state index in [0.29, 0.717) is 30.5 Å². The first-order chi connectivity index (χ1) is 14.9. The van der Waals surface area contributed by atoms with Gasteiger partial charge in [0, 0.05) is 56.2 Å². The maximum absolute atomic E-state index is 13.5. The highest BCUT2D eigenvalue weighted by Gasteiger charge is 2.34. The van der Waals surface area contributed by atoms with Crippen molar-refractivity contribution < 1.29 is 13.2 Å². The van der Waals surface area contributed by atoms with Gasteiger partial charge in [-0.1, -0.05) is 30.3 Å². The Balaban J connectivity index is 1.60. The Kier molecular flexibility index (Phi) is 6.18. The standard InChI is InChI=1S/C23H24F3N5/c1-17-9-12-30(13-14-31(17)16-18-5-3-2-4-6-18)21-15-20(23(24,25)26)28-22(29-21)19-7-10-27-11-8-19/h2-8,10-11,15,17H,9,12-14,16H2,1H3. The van der Waals surface area contributed by atoms with E-state index in [4.69, 9.17) is 0 Å². The minimum atomic E-state index is -4.54. The SMILES string of the molecule is CC1CCN(c2cc(C(F)(F)F)nc(-c3ccncc3)n2)CCN1Cc1ccccc1. The fourth-order valence-corrected chi connectivity index (χ4v) is 3.76. The summed E-state index contributed by atoms with van der Waals surface area (Å²) >= 11 is 0. The van der Waals surface area contributed by atoms with E-state index in [1.54, 1.807) is 12.1 Å². The zero-order valence-electron chi connectivity index (χ0n) is 17.3. The van der Waals surface area contributed by atoms with Crippen LogP contribution < -0.4 is 4.90 Å². The van der Waals surface area contributed by atoms with Crippen molar-refractivity contribution in [1.29, 1.82) is 0 Å². The van der Waals surface area contributed by atoms with Crippen molar-refractivity contribution in [2.75, 3.05) is 24.5 Å². The number of alkyl halides is 3. The van der Waals surface area contributed by atoms with E-state index in [0.717, 1.165) is 25.6 Å². The van der Waals surface area contributed by atoms with E-state index in [1.807, 2.05) is 23.1 Å². The van der Waals surface area contributed by atoms with Crippen molar-refractivity contribution in [3.05, 3.63) is 72.2 Å². The van der Waals surface area contributed by atoms with Gasteiger partial charge in [0.1, 0.15) is 5.82 Å². The lowest BCUT2D eigenvalue weighted by atomic mass is 10.1. The van der Waals surface area contributed by atoms with Gasteiger partial charge in [0.05, 0.1) is 0 Å². The zero-order chi connectivity index (χ0) is 21.8. The maximum Gasteiger partial charge on any atom is 0.433 e. The van der Waals surface area contributed by atoms with Gasteiger partial charge in [-0.25, -0.2) is 9.97 Å². The second kappa shape index (κ2) is 9.01. The number of hydrogen-bond donors (Lipinski definition) is 0. The average molecular weight is 427 g/mol. The van der Waals surface area contributed by atoms with Gasteiger partial charge in [-0.15, -0.1) is 0 Å². The highest BCUT2D eigenvalue weighted by molar-refractivity contribution is 5.57. The Bertz CT molecular complexity index is 995. The summed E-state index contributed by atoms with van der Waals surface area (Å²) in [6.45, 7) is 4.95. The lowest BCUT2D eigenvalue weighted by Crippen LogP contribution is -2.34. The molecule has 1 saturated heterocycles. The lowest BCUT2D eigenvalue weighted by Gasteiger charge is -2.26. The summed E-state index contributed by atoms with van der Waals surface area (Å²) in [5, 5.41) is 0. The van der Waals surface area contributed by atoms with Gasteiger partial charge < -0.3 is 4.90 Å². The molecular formula is C23H24F3N5. The molecule has 31 heavy (non-hydrogen) atoms. The molecule has 162 valence electrons. The summed E-state index contributed by atoms with van der Waals surface area (Å²) in [4.78, 5) is 16.5. The summed E-state index contributed by atoms with van der Waals surface area (Å²) in [7, 11) is 0. The van der Waals surface area contributed by atoms with Gasteiger partial charge in [-0.05, 0) is 31.0 Å². The van der Waals surface area contributed by atoms with Gasteiger partial charge in [0.25, 0.3) is 0 Å². The highest BCUT2D eigenvalue weighted by Crippen LogP contribution is 2.32. The van der Waals surface area contributed by atoms with E-state index in [-0.39, 0.29) is 5.82 Å². The third-order valence-corrected chi connectivity index (χ3v) is 5.59. The Morgan fingerprint density at radius 1 is 0.968 bits per heavy atom. The highest BCUT2D eigenvalue weighted by atomic mass is 19.4. The van der Waals surface area contributed by atoms with Gasteiger partial charge in [0.15, 0.2) is 11.5 Å². The molecule has 2 aromatic heterocycles. The number of anilines is 1. The summed E-state index contributed by atoms with van der Waals surface area (Å²) < 4.78 is 40.6. The fraction of sp³-hybridized carbons (Fsp3) is 0.348. The predicted molar refractivity (Wildman–Crippen MR) is 113 cm³/mol. The number of hydrogen-bond acceptors (Lipinski definition) is 5. The largest absolute Gasteiger partial charge is 0.433 e. The third-order valence-electron chi connectivity index (χ3n) is 5.59. The molecule has 1 aliphatic rings. The smallest absolute Gasteiger partial charge is 0.355 e. The second-order valence-corrected chi connectivity index (χ2v) is 7.75. The molecule has 0 amide bonds. The molecule has 0 saturated carbocycles. The Hall–Kier alpha value is -3.00. The molecule has 0 spiro atoms. The molecule has 3 heterocycles. The summed E-state index contributed by atoms with van der Waals surface area (Å²) in [5.74, 6) is 0.369. The normalized spacial score (nSPS) is 18.1. The summed E-state index contributed by atoms with van der Waals surface area (Å²) in [5.41, 5.74) is 0.808. The molecule has 1 fully saturated rings. The van der Waals surface area contributed by atoms with Crippen LogP contribution in [0.3, 0.4) is 0 Å². The van der Waals surface area contributed by atoms with Crippen LogP contribution in [0.15, 0.2) is 60.9 Å². The number of benzene rings is 1. The van der Waals surface area contributed by atoms with Crippen LogP contribution in [0.25, 0.3) is 11.4 Å². The molecule has 1 aromatic carbocycles. The molecular weight excluding hydrogens is 403 g/mol. The molecule has 1 aliphatic heterocycles. The monoisotopic (exact) mass is 427 g/mol. The zero-order valence-corrected chi connectivity index (χ0v) is 17.3. The van der Waals surface area contributed by atoms with Crippen molar-refractivity contribution in [3.63, 3.8) is 0 Å². The van der Waals surface area contributed by atoms with E-state index in [9.17, 15) is 13.2 Å². The Morgan fingerprint density at radius 3 is 2.42 bits per heavy atom. The average Bonchev–Trinajstić information content (AvgIpc) is 2.96. The number of aromatic nitrogens is 3. The molecule has 1 atom stereocenters. The maximum atomic E-state index is 13.5. The van der Waals surface area contributed by atoms with Crippen LogP contribution in [-0.2, 0) is 12.7 Å². The Labute approximate surface area is 179 Å². The number of rotatable bonds is 4. The van der Waals surface area contributed by atoms with Gasteiger partial charge >= 0.3 is 6.18 Å². The van der Waals surface area contributed by atoms with E-state index < -0.39 is 11.9 Å². The lowest BCUT2D eigenvalue weighted by molar-refractivity contribution is -0.141. The number of nitrogens with zero attached hydrogens (tertiary/aromatic N) is 5. The van der Waals surface area contributed by atoms with E-state index in [1.165, 1.54) is 18.0 Å². The molecule has 0 aliphatic carbocycles. The van der Waals surface area contributed by atoms with E-state index >= 15 is 0 Å².